The summed E-state index contributed by atoms with van der Waals surface area (Å²) in [6.07, 6.45) is 4.91. The minimum absolute atomic E-state index is 0.0665. The van der Waals surface area contributed by atoms with E-state index in [0.717, 1.165) is 32.4 Å². The molecular formula is C20H21N3O3S. The van der Waals surface area contributed by atoms with Crippen molar-refractivity contribution in [1.29, 1.82) is 0 Å². The molecule has 7 heteroatoms. The summed E-state index contributed by atoms with van der Waals surface area (Å²) < 4.78 is 10.7. The van der Waals surface area contributed by atoms with E-state index in [1.165, 1.54) is 5.56 Å². The lowest BCUT2D eigenvalue weighted by Crippen LogP contribution is -2.39. The Morgan fingerprint density at radius 2 is 2.22 bits per heavy atom. The molecule has 2 fully saturated rings. The van der Waals surface area contributed by atoms with Gasteiger partial charge < -0.3 is 19.2 Å². The predicted octanol–water partition coefficient (Wildman–Crippen LogP) is 3.78. The van der Waals surface area contributed by atoms with Gasteiger partial charge in [-0.15, -0.1) is 0 Å². The second-order valence-electron chi connectivity index (χ2n) is 7.45. The zero-order valence-electron chi connectivity index (χ0n) is 14.9. The van der Waals surface area contributed by atoms with Gasteiger partial charge >= 0.3 is 0 Å². The third-order valence-electron chi connectivity index (χ3n) is 5.81. The fourth-order valence-electron chi connectivity index (χ4n) is 4.19. The summed E-state index contributed by atoms with van der Waals surface area (Å²) in [5, 5.41) is 11.6. The monoisotopic (exact) mass is 383 g/mol. The highest BCUT2D eigenvalue weighted by atomic mass is 32.1. The standard InChI is InChI=1S/C20H21N3O3S/c24-19(15-10-17(26-22-15)16-2-1-8-25-16)23(12-14-3-9-27-13-14)18-11-20(18)4-6-21-7-5-20/h1-3,8-10,13,18,21H,4-7,11-12H2. The van der Waals surface area contributed by atoms with E-state index in [-0.39, 0.29) is 17.4 Å². The van der Waals surface area contributed by atoms with Crippen LogP contribution >= 0.6 is 11.3 Å². The molecule has 27 heavy (non-hydrogen) atoms. The summed E-state index contributed by atoms with van der Waals surface area (Å²) in [7, 11) is 0. The number of rotatable bonds is 5. The third-order valence-corrected chi connectivity index (χ3v) is 6.54. The Hall–Kier alpha value is -2.38. The molecule has 4 heterocycles. The Balaban J connectivity index is 1.41. The van der Waals surface area contributed by atoms with Crippen LogP contribution in [0.3, 0.4) is 0 Å². The van der Waals surface area contributed by atoms with Crippen LogP contribution in [0.15, 0.2) is 50.2 Å². The molecule has 0 bridgehead atoms. The number of furan rings is 1. The zero-order chi connectivity index (χ0) is 18.3. The number of aromatic nitrogens is 1. The predicted molar refractivity (Wildman–Crippen MR) is 101 cm³/mol. The van der Waals surface area contributed by atoms with Gasteiger partial charge in [0, 0.05) is 18.7 Å². The van der Waals surface area contributed by atoms with Gasteiger partial charge in [-0.05, 0) is 72.3 Å². The highest BCUT2D eigenvalue weighted by Crippen LogP contribution is 2.56. The quantitative estimate of drug-likeness (QED) is 0.726. The number of piperidine rings is 1. The molecular weight excluding hydrogens is 362 g/mol. The molecule has 2 aliphatic rings. The Labute approximate surface area is 161 Å². The van der Waals surface area contributed by atoms with Crippen molar-refractivity contribution in [2.24, 2.45) is 5.41 Å². The Kier molecular flexibility index (Phi) is 4.13. The largest absolute Gasteiger partial charge is 0.461 e. The molecule has 0 radical (unpaired) electrons. The molecule has 1 atom stereocenters. The lowest BCUT2D eigenvalue weighted by atomic mass is 9.93. The van der Waals surface area contributed by atoms with Gasteiger partial charge in [-0.3, -0.25) is 4.79 Å². The maximum absolute atomic E-state index is 13.3. The van der Waals surface area contributed by atoms with Crippen LogP contribution in [0, 0.1) is 5.41 Å². The molecule has 0 aromatic carbocycles. The maximum Gasteiger partial charge on any atom is 0.276 e. The van der Waals surface area contributed by atoms with E-state index >= 15 is 0 Å². The van der Waals surface area contributed by atoms with Crippen molar-refractivity contribution >= 4 is 17.2 Å². The first-order valence-electron chi connectivity index (χ1n) is 9.29. The molecule has 1 spiro atoms. The maximum atomic E-state index is 13.3. The van der Waals surface area contributed by atoms with E-state index in [0.29, 0.717) is 23.8 Å². The van der Waals surface area contributed by atoms with Crippen LogP contribution in [0.1, 0.15) is 35.3 Å². The first kappa shape index (κ1) is 16.8. The van der Waals surface area contributed by atoms with E-state index in [1.807, 2.05) is 4.90 Å². The summed E-state index contributed by atoms with van der Waals surface area (Å²) in [5.41, 5.74) is 1.77. The second-order valence-corrected chi connectivity index (χ2v) is 8.23. The molecule has 1 aliphatic heterocycles. The molecule has 1 saturated carbocycles. The molecule has 1 saturated heterocycles. The van der Waals surface area contributed by atoms with Gasteiger partial charge in [0.15, 0.2) is 11.5 Å². The first-order chi connectivity index (χ1) is 13.3. The minimum atomic E-state index is -0.0665. The van der Waals surface area contributed by atoms with E-state index in [1.54, 1.807) is 35.8 Å². The highest BCUT2D eigenvalue weighted by Gasteiger charge is 2.58. The molecule has 140 valence electrons. The van der Waals surface area contributed by atoms with Gasteiger partial charge in [-0.2, -0.15) is 11.3 Å². The lowest BCUT2D eigenvalue weighted by Gasteiger charge is -2.29. The van der Waals surface area contributed by atoms with Crippen LogP contribution in [0.2, 0.25) is 0 Å². The number of thiophene rings is 1. The number of carbonyl (C=O) groups is 1. The van der Waals surface area contributed by atoms with Gasteiger partial charge in [0.1, 0.15) is 0 Å². The summed E-state index contributed by atoms with van der Waals surface area (Å²) in [4.78, 5) is 15.3. The highest BCUT2D eigenvalue weighted by molar-refractivity contribution is 7.07. The van der Waals surface area contributed by atoms with Crippen molar-refractivity contribution in [3.63, 3.8) is 0 Å². The van der Waals surface area contributed by atoms with Gasteiger partial charge in [0.05, 0.1) is 6.26 Å². The molecule has 6 nitrogen and oxygen atoms in total. The van der Waals surface area contributed by atoms with Crippen molar-refractivity contribution in [1.82, 2.24) is 15.4 Å². The summed E-state index contributed by atoms with van der Waals surface area (Å²) in [6, 6.07) is 7.62. The van der Waals surface area contributed by atoms with Crippen molar-refractivity contribution in [3.8, 4) is 11.5 Å². The molecule has 1 N–H and O–H groups in total. The number of hydrogen-bond acceptors (Lipinski definition) is 6. The van der Waals surface area contributed by atoms with Gasteiger partial charge in [0.2, 0.25) is 5.76 Å². The summed E-state index contributed by atoms with van der Waals surface area (Å²) >= 11 is 1.66. The Morgan fingerprint density at radius 3 is 2.96 bits per heavy atom. The SMILES string of the molecule is O=C(c1cc(-c2ccco2)on1)N(Cc1ccsc1)C1CC12CCNCC2. The number of amides is 1. The van der Waals surface area contributed by atoms with E-state index < -0.39 is 0 Å². The van der Waals surface area contributed by atoms with Crippen LogP contribution in [0.4, 0.5) is 0 Å². The third kappa shape index (κ3) is 3.11. The first-order valence-corrected chi connectivity index (χ1v) is 10.2. The van der Waals surface area contributed by atoms with Gasteiger partial charge in [-0.25, -0.2) is 0 Å². The van der Waals surface area contributed by atoms with Crippen molar-refractivity contribution < 1.29 is 13.7 Å². The van der Waals surface area contributed by atoms with E-state index in [9.17, 15) is 4.79 Å². The lowest BCUT2D eigenvalue weighted by molar-refractivity contribution is 0.0682. The molecule has 1 amide bonds. The van der Waals surface area contributed by atoms with E-state index in [2.05, 4.69) is 27.3 Å². The number of nitrogens with one attached hydrogen (secondary N) is 1. The van der Waals surface area contributed by atoms with Crippen LogP contribution in [-0.2, 0) is 6.54 Å². The summed E-state index contributed by atoms with van der Waals surface area (Å²) in [5.74, 6) is 0.988. The molecule has 5 rings (SSSR count). The second kappa shape index (κ2) is 6.65. The average molecular weight is 383 g/mol. The van der Waals surface area contributed by atoms with Crippen LogP contribution in [0.5, 0.6) is 0 Å². The van der Waals surface area contributed by atoms with Gasteiger partial charge in [-0.1, -0.05) is 5.16 Å². The number of carbonyl (C=O) groups excluding carboxylic acids is 1. The van der Waals surface area contributed by atoms with Gasteiger partial charge in [0.25, 0.3) is 5.91 Å². The fourth-order valence-corrected chi connectivity index (χ4v) is 4.85. The Bertz CT molecular complexity index is 910. The smallest absolute Gasteiger partial charge is 0.276 e. The van der Waals surface area contributed by atoms with Crippen LogP contribution in [-0.4, -0.2) is 35.1 Å². The number of nitrogens with zero attached hydrogens (tertiary/aromatic N) is 2. The van der Waals surface area contributed by atoms with E-state index in [4.69, 9.17) is 8.94 Å². The number of hydrogen-bond donors (Lipinski definition) is 1. The average Bonchev–Trinajstić information content (AvgIpc) is 3.25. The normalized spacial score (nSPS) is 20.7. The topological polar surface area (TPSA) is 71.5 Å². The summed E-state index contributed by atoms with van der Waals surface area (Å²) in [6.45, 7) is 2.68. The minimum Gasteiger partial charge on any atom is -0.461 e. The van der Waals surface area contributed by atoms with Crippen molar-refractivity contribution in [3.05, 3.63) is 52.5 Å². The van der Waals surface area contributed by atoms with Crippen LogP contribution < -0.4 is 5.32 Å². The van der Waals surface area contributed by atoms with Crippen LogP contribution in [0.25, 0.3) is 11.5 Å². The molecule has 3 aromatic rings. The van der Waals surface area contributed by atoms with Crippen molar-refractivity contribution in [2.75, 3.05) is 13.1 Å². The Morgan fingerprint density at radius 1 is 1.33 bits per heavy atom. The van der Waals surface area contributed by atoms with Crippen molar-refractivity contribution in [2.45, 2.75) is 31.8 Å². The zero-order valence-corrected chi connectivity index (χ0v) is 15.7. The fraction of sp³-hybridized carbons (Fsp3) is 0.400. The molecule has 1 aliphatic carbocycles. The molecule has 1 unspecified atom stereocenters. The molecule has 3 aromatic heterocycles.